The summed E-state index contributed by atoms with van der Waals surface area (Å²) in [6, 6.07) is 5.12. The van der Waals surface area contributed by atoms with Crippen molar-refractivity contribution in [1.82, 2.24) is 14.6 Å². The van der Waals surface area contributed by atoms with Gasteiger partial charge in [0.15, 0.2) is 5.43 Å². The predicted molar refractivity (Wildman–Crippen MR) is 52.7 cm³/mol. The summed E-state index contributed by atoms with van der Waals surface area (Å²) in [5.74, 6) is 0. The molecule has 3 rings (SSSR count). The molecule has 0 aliphatic carbocycles. The highest BCUT2D eigenvalue weighted by atomic mass is 16.1. The summed E-state index contributed by atoms with van der Waals surface area (Å²) in [4.78, 5) is 15.6. The van der Waals surface area contributed by atoms with Crippen molar-refractivity contribution in [3.63, 3.8) is 0 Å². The molecular weight excluding hydrogens is 178 g/mol. The fourth-order valence-corrected chi connectivity index (χ4v) is 1.78. The van der Waals surface area contributed by atoms with Crippen LogP contribution in [0.15, 0.2) is 29.3 Å². The fourth-order valence-electron chi connectivity index (χ4n) is 1.78. The average Bonchev–Trinajstić information content (AvgIpc) is 2.53. The first-order valence-corrected chi connectivity index (χ1v) is 4.33. The highest BCUT2D eigenvalue weighted by molar-refractivity contribution is 5.93. The maximum atomic E-state index is 11.5. The van der Waals surface area contributed by atoms with Gasteiger partial charge in [-0.3, -0.25) is 4.79 Å². The van der Waals surface area contributed by atoms with Crippen molar-refractivity contribution >= 4 is 16.4 Å². The zero-order valence-electron chi connectivity index (χ0n) is 7.56. The first-order chi connectivity index (χ1) is 6.77. The molecule has 2 aromatic heterocycles. The van der Waals surface area contributed by atoms with Gasteiger partial charge in [0.2, 0.25) is 0 Å². The Bertz CT molecular complexity index is 671. The Labute approximate surface area is 79.2 Å². The maximum absolute atomic E-state index is 11.5. The van der Waals surface area contributed by atoms with E-state index in [9.17, 15) is 4.79 Å². The molecular formula is C10H7N3O. The summed E-state index contributed by atoms with van der Waals surface area (Å²) in [5.41, 5.74) is 2.61. The Balaban J connectivity index is 2.80. The van der Waals surface area contributed by atoms with Gasteiger partial charge in [0.25, 0.3) is 0 Å². The van der Waals surface area contributed by atoms with Crippen molar-refractivity contribution in [3.8, 4) is 0 Å². The minimum atomic E-state index is 0.0258. The van der Waals surface area contributed by atoms with Crippen molar-refractivity contribution in [2.75, 3.05) is 0 Å². The summed E-state index contributed by atoms with van der Waals surface area (Å²) in [6.07, 6.45) is 1.50. The molecule has 0 aliphatic heterocycles. The molecule has 0 saturated carbocycles. The maximum Gasteiger partial charge on any atom is 0.188 e. The van der Waals surface area contributed by atoms with Crippen LogP contribution in [-0.4, -0.2) is 14.6 Å². The van der Waals surface area contributed by atoms with E-state index in [1.165, 1.54) is 6.33 Å². The van der Waals surface area contributed by atoms with Crippen LogP contribution in [0.1, 0.15) is 5.69 Å². The number of hydrogen-bond donors (Lipinski definition) is 0. The Hall–Kier alpha value is -1.97. The molecule has 0 radical (unpaired) electrons. The van der Waals surface area contributed by atoms with Gasteiger partial charge in [-0.05, 0) is 25.1 Å². The molecule has 3 aromatic rings. The summed E-state index contributed by atoms with van der Waals surface area (Å²) >= 11 is 0. The van der Waals surface area contributed by atoms with Crippen LogP contribution in [0.3, 0.4) is 0 Å². The van der Waals surface area contributed by atoms with Crippen LogP contribution < -0.4 is 5.43 Å². The molecule has 0 aliphatic rings. The van der Waals surface area contributed by atoms with Crippen molar-refractivity contribution in [2.24, 2.45) is 0 Å². The zero-order chi connectivity index (χ0) is 9.71. The van der Waals surface area contributed by atoms with Crippen molar-refractivity contribution < 1.29 is 0 Å². The molecule has 0 atom stereocenters. The predicted octanol–water partition coefficient (Wildman–Crippen LogP) is 0.989. The quantitative estimate of drug-likeness (QED) is 0.524. The number of aromatic nitrogens is 3. The third kappa shape index (κ3) is 0.750. The Morgan fingerprint density at radius 3 is 3.07 bits per heavy atom. The molecule has 4 heteroatoms. The molecule has 0 N–H and O–H groups in total. The first kappa shape index (κ1) is 7.44. The van der Waals surface area contributed by atoms with E-state index in [1.54, 1.807) is 16.6 Å². The van der Waals surface area contributed by atoms with E-state index >= 15 is 0 Å². The second kappa shape index (κ2) is 2.29. The van der Waals surface area contributed by atoms with Crippen LogP contribution in [0.25, 0.3) is 16.4 Å². The molecule has 0 fully saturated rings. The van der Waals surface area contributed by atoms with E-state index < -0.39 is 0 Å². The standard InChI is InChI=1S/C10H7N3O/c1-6-4-7-9(14)3-2-8-10(7)13(6)12-5-11-8/h2-5H,1H3. The third-order valence-corrected chi connectivity index (χ3v) is 2.42. The lowest BCUT2D eigenvalue weighted by Crippen LogP contribution is -2.00. The molecule has 1 aromatic carbocycles. The smallest absolute Gasteiger partial charge is 0.188 e. The van der Waals surface area contributed by atoms with Crippen LogP contribution in [0.5, 0.6) is 0 Å². The summed E-state index contributed by atoms with van der Waals surface area (Å²) in [7, 11) is 0. The van der Waals surface area contributed by atoms with Crippen LogP contribution in [0, 0.1) is 6.92 Å². The summed E-state index contributed by atoms with van der Waals surface area (Å²) in [5, 5.41) is 4.79. The lowest BCUT2D eigenvalue weighted by atomic mass is 10.2. The highest BCUT2D eigenvalue weighted by Gasteiger charge is 2.09. The van der Waals surface area contributed by atoms with E-state index in [2.05, 4.69) is 10.1 Å². The van der Waals surface area contributed by atoms with Crippen LogP contribution >= 0.6 is 0 Å². The molecule has 68 valence electrons. The Kier molecular flexibility index (Phi) is 1.21. The van der Waals surface area contributed by atoms with E-state index in [1.807, 2.05) is 13.0 Å². The molecule has 4 nitrogen and oxygen atoms in total. The number of hydrogen-bond acceptors (Lipinski definition) is 3. The molecule has 14 heavy (non-hydrogen) atoms. The average molecular weight is 185 g/mol. The minimum absolute atomic E-state index is 0.0258. The van der Waals surface area contributed by atoms with Gasteiger partial charge in [0, 0.05) is 5.69 Å². The minimum Gasteiger partial charge on any atom is -0.289 e. The third-order valence-electron chi connectivity index (χ3n) is 2.42. The summed E-state index contributed by atoms with van der Waals surface area (Å²) in [6.45, 7) is 1.92. The highest BCUT2D eigenvalue weighted by Crippen LogP contribution is 2.17. The van der Waals surface area contributed by atoms with Crippen molar-refractivity contribution in [3.05, 3.63) is 40.4 Å². The molecule has 0 saturated heterocycles. The summed E-state index contributed by atoms with van der Waals surface area (Å²) < 4.78 is 1.75. The fraction of sp³-hybridized carbons (Fsp3) is 0.100. The Morgan fingerprint density at radius 2 is 2.21 bits per heavy atom. The lowest BCUT2D eigenvalue weighted by molar-refractivity contribution is 0.882. The normalized spacial score (nSPS) is 11.5. The van der Waals surface area contributed by atoms with Crippen molar-refractivity contribution in [1.29, 1.82) is 0 Å². The monoisotopic (exact) mass is 185 g/mol. The molecule has 0 unspecified atom stereocenters. The number of benzene rings is 1. The van der Waals surface area contributed by atoms with Gasteiger partial charge in [-0.15, -0.1) is 0 Å². The SMILES string of the molecule is Cc1cc2c(=O)ccc3ncnn1c32. The van der Waals surface area contributed by atoms with E-state index in [0.717, 1.165) is 16.7 Å². The largest absolute Gasteiger partial charge is 0.289 e. The van der Waals surface area contributed by atoms with E-state index in [-0.39, 0.29) is 5.43 Å². The van der Waals surface area contributed by atoms with Gasteiger partial charge in [0.05, 0.1) is 10.9 Å². The van der Waals surface area contributed by atoms with Gasteiger partial charge in [-0.1, -0.05) is 0 Å². The van der Waals surface area contributed by atoms with Gasteiger partial charge < -0.3 is 0 Å². The van der Waals surface area contributed by atoms with Gasteiger partial charge in [0.1, 0.15) is 11.8 Å². The van der Waals surface area contributed by atoms with Gasteiger partial charge >= 0.3 is 0 Å². The zero-order valence-corrected chi connectivity index (χ0v) is 7.56. The number of nitrogens with zero attached hydrogens (tertiary/aromatic N) is 3. The topological polar surface area (TPSA) is 47.3 Å². The van der Waals surface area contributed by atoms with E-state index in [0.29, 0.717) is 5.39 Å². The van der Waals surface area contributed by atoms with Crippen LogP contribution in [0.2, 0.25) is 0 Å². The Morgan fingerprint density at radius 1 is 1.36 bits per heavy atom. The van der Waals surface area contributed by atoms with E-state index in [4.69, 9.17) is 0 Å². The number of rotatable bonds is 0. The second-order valence-corrected chi connectivity index (χ2v) is 3.30. The molecule has 0 spiro atoms. The van der Waals surface area contributed by atoms with Gasteiger partial charge in [-0.2, -0.15) is 5.10 Å². The van der Waals surface area contributed by atoms with Crippen LogP contribution in [0.4, 0.5) is 0 Å². The molecule has 0 bridgehead atoms. The first-order valence-electron chi connectivity index (χ1n) is 4.33. The van der Waals surface area contributed by atoms with Crippen LogP contribution in [-0.2, 0) is 0 Å². The van der Waals surface area contributed by atoms with Gasteiger partial charge in [-0.25, -0.2) is 9.50 Å². The van der Waals surface area contributed by atoms with Crippen molar-refractivity contribution in [2.45, 2.75) is 6.92 Å². The lowest BCUT2D eigenvalue weighted by Gasteiger charge is -1.97. The molecule has 2 heterocycles. The number of aryl methyl sites for hydroxylation is 1. The second-order valence-electron chi connectivity index (χ2n) is 3.30. The molecule has 0 amide bonds.